The molecule has 0 fully saturated rings. The van der Waals surface area contributed by atoms with Crippen LogP contribution in [0.4, 0.5) is 22.4 Å². The lowest BCUT2D eigenvalue weighted by atomic mass is 10.1. The average molecular weight is 407 g/mol. The molecule has 1 amide bonds. The number of nitrogens with zero attached hydrogens (tertiary/aromatic N) is 2. The highest BCUT2D eigenvalue weighted by atomic mass is 19.4. The number of alkyl halides is 3. The summed E-state index contributed by atoms with van der Waals surface area (Å²) in [6, 6.07) is 10.6. The maximum Gasteiger partial charge on any atom is 0.416 e. The molecule has 0 unspecified atom stereocenters. The topological polar surface area (TPSA) is 56.1 Å². The van der Waals surface area contributed by atoms with Gasteiger partial charge in [0.05, 0.1) is 23.1 Å². The second kappa shape index (κ2) is 8.34. The summed E-state index contributed by atoms with van der Waals surface area (Å²) in [6.45, 7) is 1.78. The van der Waals surface area contributed by atoms with E-state index in [-0.39, 0.29) is 24.5 Å². The molecule has 0 aliphatic rings. The van der Waals surface area contributed by atoms with Gasteiger partial charge in [0.2, 0.25) is 0 Å². The van der Waals surface area contributed by atoms with Crippen molar-refractivity contribution in [2.45, 2.75) is 19.5 Å². The first kappa shape index (κ1) is 20.4. The molecule has 0 saturated carbocycles. The van der Waals surface area contributed by atoms with Crippen molar-refractivity contribution in [3.8, 4) is 11.4 Å². The van der Waals surface area contributed by atoms with E-state index in [1.165, 1.54) is 41.2 Å². The van der Waals surface area contributed by atoms with E-state index in [1.807, 2.05) is 0 Å². The Bertz CT molecular complexity index is 998. The third-order valence-corrected chi connectivity index (χ3v) is 4.18. The fourth-order valence-electron chi connectivity index (χ4n) is 2.69. The number of benzene rings is 2. The van der Waals surface area contributed by atoms with Crippen LogP contribution in [0.5, 0.6) is 5.75 Å². The minimum absolute atomic E-state index is 0.102. The molecule has 0 atom stereocenters. The van der Waals surface area contributed by atoms with Crippen LogP contribution in [0.25, 0.3) is 5.69 Å². The summed E-state index contributed by atoms with van der Waals surface area (Å²) in [5.41, 5.74) is 0.843. The second-order valence-corrected chi connectivity index (χ2v) is 6.25. The van der Waals surface area contributed by atoms with Gasteiger partial charge in [-0.25, -0.2) is 13.9 Å². The largest absolute Gasteiger partial charge is 0.416 e. The summed E-state index contributed by atoms with van der Waals surface area (Å²) in [5, 5.41) is 6.60. The van der Waals surface area contributed by atoms with E-state index in [4.69, 9.17) is 4.74 Å². The Morgan fingerprint density at radius 3 is 2.59 bits per heavy atom. The molecule has 3 aromatic rings. The van der Waals surface area contributed by atoms with E-state index in [9.17, 15) is 22.4 Å². The molecular formula is C20H17F4N3O2. The second-order valence-electron chi connectivity index (χ2n) is 6.25. The summed E-state index contributed by atoms with van der Waals surface area (Å²) >= 11 is 0. The van der Waals surface area contributed by atoms with Gasteiger partial charge in [0.15, 0.2) is 5.75 Å². The van der Waals surface area contributed by atoms with Gasteiger partial charge in [-0.1, -0.05) is 18.2 Å². The van der Waals surface area contributed by atoms with Crippen molar-refractivity contribution < 1.29 is 27.1 Å². The number of rotatable bonds is 5. The summed E-state index contributed by atoms with van der Waals surface area (Å²) in [5.74, 6) is -0.166. The van der Waals surface area contributed by atoms with Crippen molar-refractivity contribution in [2.75, 3.05) is 6.54 Å². The van der Waals surface area contributed by atoms with Crippen LogP contribution in [0, 0.1) is 12.7 Å². The maximum atomic E-state index is 13.0. The van der Waals surface area contributed by atoms with Crippen LogP contribution in [0.1, 0.15) is 16.8 Å². The minimum atomic E-state index is -4.41. The Kier molecular flexibility index (Phi) is 5.86. The van der Waals surface area contributed by atoms with Gasteiger partial charge >= 0.3 is 12.3 Å². The number of carbonyl (C=O) groups excluding carboxylic acids is 1. The van der Waals surface area contributed by atoms with E-state index >= 15 is 0 Å². The molecule has 152 valence electrons. The SMILES string of the molecule is Cc1c(OC(=O)NCCc2cccc(C(F)(F)F)c2)cnn1-c1ccc(F)cc1. The molecule has 1 aromatic heterocycles. The van der Waals surface area contributed by atoms with Gasteiger partial charge < -0.3 is 10.1 Å². The molecule has 0 spiro atoms. The summed E-state index contributed by atoms with van der Waals surface area (Å²) < 4.78 is 57.9. The molecule has 0 aliphatic heterocycles. The Morgan fingerprint density at radius 1 is 1.17 bits per heavy atom. The third-order valence-electron chi connectivity index (χ3n) is 4.18. The molecule has 0 saturated heterocycles. The molecule has 0 radical (unpaired) electrons. The molecule has 5 nitrogen and oxygen atoms in total. The van der Waals surface area contributed by atoms with E-state index in [2.05, 4.69) is 10.4 Å². The summed E-state index contributed by atoms with van der Waals surface area (Å²) in [4.78, 5) is 12.0. The predicted molar refractivity (Wildman–Crippen MR) is 97.4 cm³/mol. The van der Waals surface area contributed by atoms with Crippen molar-refractivity contribution in [1.29, 1.82) is 0 Å². The number of ether oxygens (including phenoxy) is 1. The van der Waals surface area contributed by atoms with Gasteiger partial charge in [-0.15, -0.1) is 0 Å². The number of nitrogens with one attached hydrogen (secondary N) is 1. The number of hydrogen-bond donors (Lipinski definition) is 1. The Hall–Kier alpha value is -3.36. The highest BCUT2D eigenvalue weighted by Gasteiger charge is 2.30. The fourth-order valence-corrected chi connectivity index (χ4v) is 2.69. The first-order valence-electron chi connectivity index (χ1n) is 8.66. The fraction of sp³-hybridized carbons (Fsp3) is 0.200. The Labute approximate surface area is 163 Å². The van der Waals surface area contributed by atoms with Crippen molar-refractivity contribution in [1.82, 2.24) is 15.1 Å². The maximum absolute atomic E-state index is 13.0. The van der Waals surface area contributed by atoms with E-state index < -0.39 is 17.8 Å². The molecule has 9 heteroatoms. The first-order chi connectivity index (χ1) is 13.7. The minimum Gasteiger partial charge on any atom is -0.407 e. The van der Waals surface area contributed by atoms with Crippen LogP contribution in [0.15, 0.2) is 54.7 Å². The molecule has 0 aliphatic carbocycles. The van der Waals surface area contributed by atoms with Crippen LogP contribution in [0.3, 0.4) is 0 Å². The number of aromatic nitrogens is 2. The lowest BCUT2D eigenvalue weighted by Gasteiger charge is -2.10. The van der Waals surface area contributed by atoms with Gasteiger partial charge in [0.1, 0.15) is 5.82 Å². The molecule has 2 aromatic carbocycles. The van der Waals surface area contributed by atoms with Gasteiger partial charge in [0.25, 0.3) is 0 Å². The Morgan fingerprint density at radius 2 is 1.90 bits per heavy atom. The number of carbonyl (C=O) groups is 1. The van der Waals surface area contributed by atoms with Gasteiger partial charge in [-0.2, -0.15) is 18.3 Å². The zero-order chi connectivity index (χ0) is 21.0. The van der Waals surface area contributed by atoms with Crippen LogP contribution in [-0.4, -0.2) is 22.4 Å². The average Bonchev–Trinajstić information content (AvgIpc) is 3.02. The number of halogens is 4. The quantitative estimate of drug-likeness (QED) is 0.626. The van der Waals surface area contributed by atoms with Gasteiger partial charge in [-0.3, -0.25) is 0 Å². The lowest BCUT2D eigenvalue weighted by molar-refractivity contribution is -0.137. The zero-order valence-corrected chi connectivity index (χ0v) is 15.3. The van der Waals surface area contributed by atoms with Crippen LogP contribution in [0.2, 0.25) is 0 Å². The first-order valence-corrected chi connectivity index (χ1v) is 8.66. The van der Waals surface area contributed by atoms with Gasteiger partial charge in [0, 0.05) is 6.54 Å². The smallest absolute Gasteiger partial charge is 0.407 e. The zero-order valence-electron chi connectivity index (χ0n) is 15.3. The summed E-state index contributed by atoms with van der Waals surface area (Å²) in [6.07, 6.45) is -3.60. The van der Waals surface area contributed by atoms with Crippen molar-refractivity contribution in [3.05, 3.63) is 77.4 Å². The van der Waals surface area contributed by atoms with Gasteiger partial charge in [-0.05, 0) is 49.2 Å². The Balaban J connectivity index is 1.56. The van der Waals surface area contributed by atoms with E-state index in [0.29, 0.717) is 16.9 Å². The monoisotopic (exact) mass is 407 g/mol. The van der Waals surface area contributed by atoms with E-state index in [1.54, 1.807) is 13.0 Å². The molecule has 1 N–H and O–H groups in total. The van der Waals surface area contributed by atoms with Crippen molar-refractivity contribution >= 4 is 6.09 Å². The normalized spacial score (nSPS) is 11.3. The summed E-state index contributed by atoms with van der Waals surface area (Å²) in [7, 11) is 0. The molecule has 1 heterocycles. The standard InChI is InChI=1S/C20H17F4N3O2/c1-13-18(12-26-27(13)17-7-5-16(21)6-8-17)29-19(28)25-10-9-14-3-2-4-15(11-14)20(22,23)24/h2-8,11-12H,9-10H2,1H3,(H,25,28). The molecular weight excluding hydrogens is 390 g/mol. The predicted octanol–water partition coefficient (Wildman–Crippen LogP) is 4.67. The van der Waals surface area contributed by atoms with Crippen LogP contribution >= 0.6 is 0 Å². The highest BCUT2D eigenvalue weighted by Crippen LogP contribution is 2.29. The van der Waals surface area contributed by atoms with Crippen LogP contribution < -0.4 is 10.1 Å². The molecule has 29 heavy (non-hydrogen) atoms. The number of hydrogen-bond acceptors (Lipinski definition) is 3. The molecule has 0 bridgehead atoms. The highest BCUT2D eigenvalue weighted by molar-refractivity contribution is 5.70. The van der Waals surface area contributed by atoms with E-state index in [0.717, 1.165) is 12.1 Å². The lowest BCUT2D eigenvalue weighted by Crippen LogP contribution is -2.29. The van der Waals surface area contributed by atoms with Crippen molar-refractivity contribution in [3.63, 3.8) is 0 Å². The third kappa shape index (κ3) is 5.13. The van der Waals surface area contributed by atoms with Crippen molar-refractivity contribution in [2.24, 2.45) is 0 Å². The number of amides is 1. The molecule has 3 rings (SSSR count). The van der Waals surface area contributed by atoms with Crippen LogP contribution in [-0.2, 0) is 12.6 Å².